The van der Waals surface area contributed by atoms with Crippen LogP contribution in [0.2, 0.25) is 0 Å². The van der Waals surface area contributed by atoms with E-state index in [-0.39, 0.29) is 5.91 Å². The van der Waals surface area contributed by atoms with Gasteiger partial charge in [-0.2, -0.15) is 0 Å². The Labute approximate surface area is 130 Å². The van der Waals surface area contributed by atoms with Crippen LogP contribution in [-0.2, 0) is 4.79 Å². The van der Waals surface area contributed by atoms with Crippen LogP contribution < -0.4 is 10.2 Å². The molecule has 0 heterocycles. The Balaban J connectivity index is 2.15. The molecule has 2 rings (SSSR count). The van der Waals surface area contributed by atoms with Crippen LogP contribution in [0.4, 0.5) is 11.4 Å². The molecule has 0 radical (unpaired) electrons. The molecule has 4 heteroatoms. The zero-order valence-corrected chi connectivity index (χ0v) is 13.2. The highest BCUT2D eigenvalue weighted by Gasteiger charge is 2.17. The molecule has 1 amide bonds. The standard InChI is InChI=1S/C17H19ClN2O/c1-12-9-10-14(11-15(12)20(2)3)19-17(21)16(18)13-7-5-4-6-8-13/h4-11,16H,1-3H3,(H,19,21). The quantitative estimate of drug-likeness (QED) is 0.866. The van der Waals surface area contributed by atoms with E-state index in [1.54, 1.807) is 0 Å². The highest BCUT2D eigenvalue weighted by Crippen LogP contribution is 2.25. The van der Waals surface area contributed by atoms with Crippen LogP contribution in [0.15, 0.2) is 48.5 Å². The number of hydrogen-bond donors (Lipinski definition) is 1. The molecule has 1 atom stereocenters. The van der Waals surface area contributed by atoms with Crippen molar-refractivity contribution >= 4 is 28.9 Å². The molecule has 0 fully saturated rings. The minimum Gasteiger partial charge on any atom is -0.377 e. The van der Waals surface area contributed by atoms with Gasteiger partial charge < -0.3 is 10.2 Å². The van der Waals surface area contributed by atoms with Crippen molar-refractivity contribution in [1.82, 2.24) is 0 Å². The second kappa shape index (κ2) is 6.64. The highest BCUT2D eigenvalue weighted by molar-refractivity contribution is 6.32. The van der Waals surface area contributed by atoms with Gasteiger partial charge in [-0.1, -0.05) is 36.4 Å². The summed E-state index contributed by atoms with van der Waals surface area (Å²) in [4.78, 5) is 14.2. The number of benzene rings is 2. The van der Waals surface area contributed by atoms with Crippen LogP contribution in [0.25, 0.3) is 0 Å². The zero-order chi connectivity index (χ0) is 15.4. The Morgan fingerprint density at radius 3 is 2.43 bits per heavy atom. The van der Waals surface area contributed by atoms with Crippen LogP contribution in [0.1, 0.15) is 16.5 Å². The summed E-state index contributed by atoms with van der Waals surface area (Å²) in [5.74, 6) is -0.226. The van der Waals surface area contributed by atoms with E-state index in [9.17, 15) is 4.79 Å². The first kappa shape index (κ1) is 15.4. The number of alkyl halides is 1. The molecular formula is C17H19ClN2O. The van der Waals surface area contributed by atoms with Crippen molar-refractivity contribution in [1.29, 1.82) is 0 Å². The third kappa shape index (κ3) is 3.76. The fourth-order valence-electron chi connectivity index (χ4n) is 2.15. The van der Waals surface area contributed by atoms with Crippen LogP contribution >= 0.6 is 11.6 Å². The van der Waals surface area contributed by atoms with Crippen molar-refractivity contribution in [2.75, 3.05) is 24.3 Å². The first-order valence-corrected chi connectivity index (χ1v) is 7.20. The lowest BCUT2D eigenvalue weighted by Crippen LogP contribution is -2.18. The second-order valence-corrected chi connectivity index (χ2v) is 5.59. The molecule has 0 saturated heterocycles. The summed E-state index contributed by atoms with van der Waals surface area (Å²) < 4.78 is 0. The minimum atomic E-state index is -0.699. The molecule has 0 spiro atoms. The maximum atomic E-state index is 12.2. The third-order valence-corrected chi connectivity index (χ3v) is 3.73. The first-order valence-electron chi connectivity index (χ1n) is 6.77. The fourth-order valence-corrected chi connectivity index (χ4v) is 2.35. The largest absolute Gasteiger partial charge is 0.377 e. The summed E-state index contributed by atoms with van der Waals surface area (Å²) in [5, 5.41) is 2.17. The molecule has 21 heavy (non-hydrogen) atoms. The molecule has 0 saturated carbocycles. The van der Waals surface area contributed by atoms with Gasteiger partial charge in [0.2, 0.25) is 5.91 Å². The SMILES string of the molecule is Cc1ccc(NC(=O)C(Cl)c2ccccc2)cc1N(C)C. The van der Waals surface area contributed by atoms with E-state index in [1.165, 1.54) is 0 Å². The Morgan fingerprint density at radius 1 is 1.14 bits per heavy atom. The van der Waals surface area contributed by atoms with Crippen LogP contribution in [0.3, 0.4) is 0 Å². The second-order valence-electron chi connectivity index (χ2n) is 5.16. The zero-order valence-electron chi connectivity index (χ0n) is 12.4. The lowest BCUT2D eigenvalue weighted by Gasteiger charge is -2.18. The number of carbonyl (C=O) groups is 1. The molecule has 1 N–H and O–H groups in total. The van der Waals surface area contributed by atoms with Gasteiger partial charge in [-0.25, -0.2) is 0 Å². The lowest BCUT2D eigenvalue weighted by molar-refractivity contribution is -0.116. The number of anilines is 2. The van der Waals surface area contributed by atoms with Crippen LogP contribution in [0.5, 0.6) is 0 Å². The average Bonchev–Trinajstić information content (AvgIpc) is 2.49. The van der Waals surface area contributed by atoms with Gasteiger partial charge in [-0.15, -0.1) is 11.6 Å². The van der Waals surface area contributed by atoms with Gasteiger partial charge in [-0.05, 0) is 30.2 Å². The summed E-state index contributed by atoms with van der Waals surface area (Å²) in [6, 6.07) is 15.1. The number of aryl methyl sites for hydroxylation is 1. The third-order valence-electron chi connectivity index (χ3n) is 3.28. The number of rotatable bonds is 4. The Hall–Kier alpha value is -2.00. The number of hydrogen-bond acceptors (Lipinski definition) is 2. The predicted molar refractivity (Wildman–Crippen MR) is 89.2 cm³/mol. The van der Waals surface area contributed by atoms with Crippen LogP contribution in [0, 0.1) is 6.92 Å². The van der Waals surface area contributed by atoms with Gasteiger partial charge in [0.25, 0.3) is 0 Å². The number of nitrogens with zero attached hydrogens (tertiary/aromatic N) is 1. The number of amides is 1. The normalized spacial score (nSPS) is 11.8. The van der Waals surface area contributed by atoms with Crippen LogP contribution in [-0.4, -0.2) is 20.0 Å². The molecule has 0 aliphatic carbocycles. The van der Waals surface area contributed by atoms with Crippen molar-refractivity contribution in [3.05, 3.63) is 59.7 Å². The van der Waals surface area contributed by atoms with E-state index in [0.29, 0.717) is 0 Å². The number of carbonyl (C=O) groups excluding carboxylic acids is 1. The Morgan fingerprint density at radius 2 is 1.81 bits per heavy atom. The van der Waals surface area contributed by atoms with Crippen molar-refractivity contribution < 1.29 is 4.79 Å². The summed E-state index contributed by atoms with van der Waals surface area (Å²) >= 11 is 6.22. The molecule has 0 aromatic heterocycles. The van der Waals surface area contributed by atoms with Gasteiger partial charge in [0.05, 0.1) is 0 Å². The Bertz CT molecular complexity index is 626. The molecule has 2 aromatic rings. The summed E-state index contributed by atoms with van der Waals surface area (Å²) in [6.07, 6.45) is 0. The number of nitrogens with one attached hydrogen (secondary N) is 1. The molecule has 0 bridgehead atoms. The topological polar surface area (TPSA) is 32.3 Å². The molecule has 3 nitrogen and oxygen atoms in total. The monoisotopic (exact) mass is 302 g/mol. The van der Waals surface area contributed by atoms with Gasteiger partial charge in [0.15, 0.2) is 0 Å². The summed E-state index contributed by atoms with van der Waals surface area (Å²) in [7, 11) is 3.95. The van der Waals surface area contributed by atoms with E-state index in [2.05, 4.69) is 5.32 Å². The van der Waals surface area contributed by atoms with E-state index in [0.717, 1.165) is 22.5 Å². The van der Waals surface area contributed by atoms with Crippen molar-refractivity contribution in [2.24, 2.45) is 0 Å². The summed E-state index contributed by atoms with van der Waals surface area (Å²) in [5.41, 5.74) is 3.76. The van der Waals surface area contributed by atoms with E-state index in [4.69, 9.17) is 11.6 Å². The highest BCUT2D eigenvalue weighted by atomic mass is 35.5. The molecule has 0 aliphatic rings. The molecular weight excluding hydrogens is 284 g/mol. The maximum absolute atomic E-state index is 12.2. The van der Waals surface area contributed by atoms with Crippen molar-refractivity contribution in [3.63, 3.8) is 0 Å². The average molecular weight is 303 g/mol. The fraction of sp³-hybridized carbons (Fsp3) is 0.235. The smallest absolute Gasteiger partial charge is 0.246 e. The number of halogens is 1. The van der Waals surface area contributed by atoms with Gasteiger partial charge >= 0.3 is 0 Å². The van der Waals surface area contributed by atoms with Crippen molar-refractivity contribution in [2.45, 2.75) is 12.3 Å². The molecule has 0 aliphatic heterocycles. The van der Waals surface area contributed by atoms with E-state index < -0.39 is 5.38 Å². The molecule has 1 unspecified atom stereocenters. The van der Waals surface area contributed by atoms with Gasteiger partial charge in [0.1, 0.15) is 5.38 Å². The van der Waals surface area contributed by atoms with Gasteiger partial charge in [0, 0.05) is 25.5 Å². The predicted octanol–water partition coefficient (Wildman–Crippen LogP) is 3.98. The van der Waals surface area contributed by atoms with E-state index >= 15 is 0 Å². The lowest BCUT2D eigenvalue weighted by atomic mass is 10.1. The van der Waals surface area contributed by atoms with Crippen molar-refractivity contribution in [3.8, 4) is 0 Å². The molecule has 110 valence electrons. The Kier molecular flexibility index (Phi) is 4.86. The van der Waals surface area contributed by atoms with E-state index in [1.807, 2.05) is 74.4 Å². The first-order chi connectivity index (χ1) is 9.99. The maximum Gasteiger partial charge on any atom is 0.246 e. The molecule has 2 aromatic carbocycles. The van der Waals surface area contributed by atoms with Gasteiger partial charge in [-0.3, -0.25) is 4.79 Å². The summed E-state index contributed by atoms with van der Waals surface area (Å²) in [6.45, 7) is 2.04. The minimum absolute atomic E-state index is 0.226.